The molecule has 9 heteroatoms. The van der Waals surface area contributed by atoms with Crippen molar-refractivity contribution < 1.29 is 13.2 Å². The number of nitrogens with one attached hydrogen (secondary N) is 1. The van der Waals surface area contributed by atoms with Crippen LogP contribution in [0.15, 0.2) is 32.8 Å². The van der Waals surface area contributed by atoms with Crippen LogP contribution in [0, 0.1) is 0 Å². The van der Waals surface area contributed by atoms with Crippen molar-refractivity contribution in [1.82, 2.24) is 13.9 Å². The summed E-state index contributed by atoms with van der Waals surface area (Å²) < 4.78 is 36.6. The second-order valence-corrected chi connectivity index (χ2v) is 11.8. The molecule has 2 aliphatic rings. The second kappa shape index (κ2) is 8.67. The Morgan fingerprint density at radius 2 is 1.93 bits per heavy atom. The number of thiophene rings is 1. The van der Waals surface area contributed by atoms with Crippen molar-refractivity contribution in [2.75, 3.05) is 39.4 Å². The number of nitrogens with zero attached hydrogens (tertiary/aromatic N) is 2. The molecule has 0 atom stereocenters. The van der Waals surface area contributed by atoms with Gasteiger partial charge in [-0.1, -0.05) is 12.2 Å². The van der Waals surface area contributed by atoms with E-state index in [9.17, 15) is 8.42 Å². The Balaban J connectivity index is 1.56. The molecule has 3 rings (SSSR count). The monoisotopic (exact) mass is 429 g/mol. The van der Waals surface area contributed by atoms with Gasteiger partial charge in [0.2, 0.25) is 0 Å². The zero-order valence-corrected chi connectivity index (χ0v) is 18.4. The molecule has 0 bridgehead atoms. The fraction of sp³-hybridized carbons (Fsp3) is 0.556. The number of morpholine rings is 1. The third-order valence-electron chi connectivity index (χ3n) is 3.95. The van der Waals surface area contributed by atoms with Crippen LogP contribution in [-0.2, 0) is 14.8 Å². The summed E-state index contributed by atoms with van der Waals surface area (Å²) in [5, 5.41) is 0. The molecule has 1 aromatic heterocycles. The first-order valence-corrected chi connectivity index (χ1v) is 12.1. The lowest BCUT2D eigenvalue weighted by molar-refractivity contribution is 0.0434. The van der Waals surface area contributed by atoms with E-state index in [1.165, 1.54) is 11.3 Å². The maximum absolute atomic E-state index is 12.5. The Bertz CT molecular complexity index is 804. The van der Waals surface area contributed by atoms with E-state index in [0.29, 0.717) is 4.21 Å². The van der Waals surface area contributed by atoms with Gasteiger partial charge in [-0.05, 0) is 44.9 Å². The summed E-state index contributed by atoms with van der Waals surface area (Å²) in [4.78, 5) is 2.37. The van der Waals surface area contributed by atoms with E-state index in [4.69, 9.17) is 4.74 Å². The lowest BCUT2D eigenvalue weighted by Gasteiger charge is -2.25. The summed E-state index contributed by atoms with van der Waals surface area (Å²) in [6.07, 6.45) is 8.33. The molecule has 27 heavy (non-hydrogen) atoms. The van der Waals surface area contributed by atoms with Gasteiger partial charge in [-0.2, -0.15) is 0 Å². The van der Waals surface area contributed by atoms with Crippen LogP contribution in [0.4, 0.5) is 0 Å². The van der Waals surface area contributed by atoms with Gasteiger partial charge >= 0.3 is 0 Å². The Hall–Kier alpha value is -0.840. The number of rotatable bonds is 6. The highest BCUT2D eigenvalue weighted by Crippen LogP contribution is 2.40. The fourth-order valence-electron chi connectivity index (χ4n) is 2.72. The van der Waals surface area contributed by atoms with E-state index in [2.05, 4.69) is 26.1 Å². The average molecular weight is 430 g/mol. The van der Waals surface area contributed by atoms with Gasteiger partial charge in [0, 0.05) is 43.5 Å². The topological polar surface area (TPSA) is 61.9 Å². The molecule has 0 amide bonds. The van der Waals surface area contributed by atoms with Crippen LogP contribution in [-0.4, -0.2) is 62.6 Å². The van der Waals surface area contributed by atoms with Crippen molar-refractivity contribution in [2.45, 2.75) is 34.7 Å². The highest BCUT2D eigenvalue weighted by Gasteiger charge is 2.26. The highest BCUT2D eigenvalue weighted by atomic mass is 32.3. The molecule has 0 unspecified atom stereocenters. The van der Waals surface area contributed by atoms with Crippen LogP contribution >= 0.6 is 23.3 Å². The lowest BCUT2D eigenvalue weighted by atomic mass is 10.1. The van der Waals surface area contributed by atoms with Crippen molar-refractivity contribution >= 4 is 39.4 Å². The van der Waals surface area contributed by atoms with Gasteiger partial charge in [0.1, 0.15) is 4.21 Å². The van der Waals surface area contributed by atoms with Crippen LogP contribution in [0.5, 0.6) is 0 Å². The molecule has 3 heterocycles. The molecule has 0 aromatic carbocycles. The molecular formula is C18H27N3O3S3. The molecule has 0 radical (unpaired) electrons. The van der Waals surface area contributed by atoms with Gasteiger partial charge in [0.25, 0.3) is 10.0 Å². The third-order valence-corrected chi connectivity index (χ3v) is 8.51. The van der Waals surface area contributed by atoms with Crippen molar-refractivity contribution in [3.63, 3.8) is 0 Å². The van der Waals surface area contributed by atoms with Crippen LogP contribution in [0.3, 0.4) is 0 Å². The Kier molecular flexibility index (Phi) is 6.70. The molecule has 2 aliphatic heterocycles. The zero-order valence-electron chi connectivity index (χ0n) is 16.0. The largest absolute Gasteiger partial charge is 0.379 e. The lowest BCUT2D eigenvalue weighted by Crippen LogP contribution is -2.40. The molecular weight excluding hydrogens is 402 g/mol. The molecule has 1 saturated heterocycles. The minimum absolute atomic E-state index is 0.365. The van der Waals surface area contributed by atoms with E-state index in [-0.39, 0.29) is 0 Å². The predicted molar refractivity (Wildman–Crippen MR) is 112 cm³/mol. The Morgan fingerprint density at radius 1 is 1.22 bits per heavy atom. The van der Waals surface area contributed by atoms with E-state index in [1.54, 1.807) is 18.0 Å². The van der Waals surface area contributed by atoms with Gasteiger partial charge in [0.05, 0.1) is 17.4 Å². The predicted octanol–water partition coefficient (Wildman–Crippen LogP) is 3.01. The van der Waals surface area contributed by atoms with Gasteiger partial charge in [-0.3, -0.25) is 4.90 Å². The van der Waals surface area contributed by atoms with Crippen LogP contribution in [0.25, 0.3) is 6.08 Å². The molecule has 1 fully saturated rings. The Labute approximate surface area is 170 Å². The minimum Gasteiger partial charge on any atom is -0.379 e. The molecule has 6 nitrogen and oxygen atoms in total. The van der Waals surface area contributed by atoms with Gasteiger partial charge in [-0.25, -0.2) is 13.1 Å². The average Bonchev–Trinajstić information content (AvgIpc) is 3.02. The standard InChI is InChI=1S/C18H27N3O3S3/c1-18(2,3)19-27(22,23)16-14-15-6-9-21(26-17(15)25-16)8-5-4-7-20-10-12-24-13-11-20/h4-6,9,14,19H,7-8,10-13H2,1-3H3. The maximum Gasteiger partial charge on any atom is 0.250 e. The zero-order chi connectivity index (χ0) is 19.5. The third kappa shape index (κ3) is 6.07. The summed E-state index contributed by atoms with van der Waals surface area (Å²) >= 11 is 2.91. The van der Waals surface area contributed by atoms with Crippen LogP contribution < -0.4 is 4.72 Å². The molecule has 0 saturated carbocycles. The van der Waals surface area contributed by atoms with Crippen molar-refractivity contribution in [3.8, 4) is 0 Å². The number of hydrogen-bond acceptors (Lipinski definition) is 7. The normalized spacial score (nSPS) is 19.0. The number of fused-ring (bicyclic) bond motifs is 1. The summed E-state index contributed by atoms with van der Waals surface area (Å²) in [7, 11) is -3.49. The minimum atomic E-state index is -3.49. The Morgan fingerprint density at radius 3 is 2.63 bits per heavy atom. The van der Waals surface area contributed by atoms with E-state index in [1.807, 2.05) is 33.0 Å². The number of sulfonamides is 1. The summed E-state index contributed by atoms with van der Waals surface area (Å²) in [6, 6.07) is 1.75. The number of hydrogen-bond donors (Lipinski definition) is 1. The number of ether oxygens (including phenoxy) is 1. The SMILES string of the molecule is CC(C)(C)NS(=O)(=O)c1cc2c(s1)SN(CC=CCN1CCOCC1)C=C2. The maximum atomic E-state index is 12.5. The molecule has 0 spiro atoms. The highest BCUT2D eigenvalue weighted by molar-refractivity contribution is 7.99. The first-order valence-electron chi connectivity index (χ1n) is 8.99. The quantitative estimate of drug-likeness (QED) is 0.554. The van der Waals surface area contributed by atoms with Crippen molar-refractivity contribution in [3.05, 3.63) is 30.0 Å². The molecule has 0 aliphatic carbocycles. The van der Waals surface area contributed by atoms with Crippen LogP contribution in [0.1, 0.15) is 26.3 Å². The van der Waals surface area contributed by atoms with Crippen LogP contribution in [0.2, 0.25) is 0 Å². The summed E-state index contributed by atoms with van der Waals surface area (Å²) in [5.74, 6) is 0. The fourth-order valence-corrected chi connectivity index (χ4v) is 6.93. The molecule has 1 aromatic rings. The van der Waals surface area contributed by atoms with E-state index in [0.717, 1.165) is 49.2 Å². The van der Waals surface area contributed by atoms with Gasteiger partial charge in [0.15, 0.2) is 0 Å². The van der Waals surface area contributed by atoms with Crippen molar-refractivity contribution in [2.24, 2.45) is 0 Å². The molecule has 150 valence electrons. The van der Waals surface area contributed by atoms with Gasteiger partial charge < -0.3 is 9.04 Å². The second-order valence-electron chi connectivity index (χ2n) is 7.55. The summed E-state index contributed by atoms with van der Waals surface area (Å²) in [5.41, 5.74) is 0.469. The summed E-state index contributed by atoms with van der Waals surface area (Å²) in [6.45, 7) is 10.9. The first-order chi connectivity index (χ1) is 12.7. The van der Waals surface area contributed by atoms with Gasteiger partial charge in [-0.15, -0.1) is 11.3 Å². The smallest absolute Gasteiger partial charge is 0.250 e. The van der Waals surface area contributed by atoms with E-state index >= 15 is 0 Å². The first kappa shape index (κ1) is 20.9. The van der Waals surface area contributed by atoms with E-state index < -0.39 is 15.6 Å². The molecule has 1 N–H and O–H groups in total. The van der Waals surface area contributed by atoms with Crippen molar-refractivity contribution in [1.29, 1.82) is 0 Å².